The Balaban J connectivity index is 2.46. The molecule has 1 aromatic carbocycles. The van der Waals surface area contributed by atoms with Crippen molar-refractivity contribution in [3.05, 3.63) is 28.4 Å². The van der Waals surface area contributed by atoms with E-state index in [1.807, 2.05) is 0 Å². The van der Waals surface area contributed by atoms with Crippen LogP contribution in [0.25, 0.3) is 0 Å². The topological polar surface area (TPSA) is 114 Å². The molecule has 0 fully saturated rings. The molecule has 1 aliphatic heterocycles. The van der Waals surface area contributed by atoms with E-state index in [1.165, 1.54) is 7.11 Å². The SMILES string of the molecule is COc1cc2c(cc1CC(N)C(=O)O)=NC(=O)N=2. The van der Waals surface area contributed by atoms with Gasteiger partial charge in [-0.25, -0.2) is 4.79 Å². The largest absolute Gasteiger partial charge is 0.496 e. The molecule has 94 valence electrons. The number of hydrogen-bond donors (Lipinski definition) is 2. The van der Waals surface area contributed by atoms with E-state index in [-0.39, 0.29) is 6.42 Å². The van der Waals surface area contributed by atoms with E-state index in [9.17, 15) is 9.59 Å². The van der Waals surface area contributed by atoms with Gasteiger partial charge in [0.15, 0.2) is 0 Å². The second-order valence-corrected chi connectivity index (χ2v) is 3.81. The van der Waals surface area contributed by atoms with Gasteiger partial charge in [0, 0.05) is 12.5 Å². The Labute approximate surface area is 102 Å². The van der Waals surface area contributed by atoms with E-state index in [1.54, 1.807) is 12.1 Å². The highest BCUT2D eigenvalue weighted by molar-refractivity contribution is 5.77. The molecular weight excluding hydrogens is 238 g/mol. The van der Waals surface area contributed by atoms with Gasteiger partial charge < -0.3 is 15.6 Å². The number of aliphatic carboxylic acids is 1. The molecule has 7 nitrogen and oxygen atoms in total. The maximum atomic E-state index is 11.0. The molecule has 0 saturated heterocycles. The number of carbonyl (C=O) groups excluding carboxylic acids is 1. The number of carboxylic acid groups (broad SMARTS) is 1. The lowest BCUT2D eigenvalue weighted by Gasteiger charge is -2.10. The van der Waals surface area contributed by atoms with E-state index in [4.69, 9.17) is 15.6 Å². The van der Waals surface area contributed by atoms with Crippen LogP contribution >= 0.6 is 0 Å². The number of nitrogens with zero attached hydrogens (tertiary/aromatic N) is 2. The van der Waals surface area contributed by atoms with E-state index in [0.29, 0.717) is 22.0 Å². The predicted molar refractivity (Wildman–Crippen MR) is 60.0 cm³/mol. The van der Waals surface area contributed by atoms with Gasteiger partial charge in [-0.3, -0.25) is 4.79 Å². The summed E-state index contributed by atoms with van der Waals surface area (Å²) in [5.41, 5.74) is 6.05. The van der Waals surface area contributed by atoms with Crippen LogP contribution in [-0.4, -0.2) is 30.3 Å². The Hall–Kier alpha value is -2.28. The predicted octanol–water partition coefficient (Wildman–Crippen LogP) is -0.978. The van der Waals surface area contributed by atoms with Gasteiger partial charge in [0.2, 0.25) is 0 Å². The molecule has 1 aliphatic rings. The number of ether oxygens (including phenoxy) is 1. The van der Waals surface area contributed by atoms with Crippen molar-refractivity contribution in [2.75, 3.05) is 7.11 Å². The lowest BCUT2D eigenvalue weighted by atomic mass is 10.1. The Morgan fingerprint density at radius 3 is 2.61 bits per heavy atom. The van der Waals surface area contributed by atoms with Crippen LogP contribution < -0.4 is 21.2 Å². The maximum Gasteiger partial charge on any atom is 0.368 e. The van der Waals surface area contributed by atoms with Crippen molar-refractivity contribution in [2.45, 2.75) is 12.5 Å². The Bertz CT molecular complexity index is 638. The fourth-order valence-corrected chi connectivity index (χ4v) is 1.68. The van der Waals surface area contributed by atoms with Crippen LogP contribution in [0.15, 0.2) is 22.1 Å². The minimum absolute atomic E-state index is 0.0928. The third-order valence-corrected chi connectivity index (χ3v) is 2.57. The molecule has 0 radical (unpaired) electrons. The van der Waals surface area contributed by atoms with Gasteiger partial charge in [-0.2, -0.15) is 9.98 Å². The van der Waals surface area contributed by atoms with Crippen molar-refractivity contribution >= 4 is 12.0 Å². The number of urea groups is 1. The van der Waals surface area contributed by atoms with Crippen molar-refractivity contribution in [1.29, 1.82) is 0 Å². The highest BCUT2D eigenvalue weighted by atomic mass is 16.5. The second kappa shape index (κ2) is 4.53. The number of carbonyl (C=O) groups is 2. The number of benzene rings is 1. The zero-order chi connectivity index (χ0) is 13.3. The van der Waals surface area contributed by atoms with Gasteiger partial charge in [0.25, 0.3) is 0 Å². The average molecular weight is 249 g/mol. The first-order chi connectivity index (χ1) is 8.51. The van der Waals surface area contributed by atoms with Crippen molar-refractivity contribution in [2.24, 2.45) is 15.7 Å². The Morgan fingerprint density at radius 2 is 2.06 bits per heavy atom. The third-order valence-electron chi connectivity index (χ3n) is 2.57. The number of methoxy groups -OCH3 is 1. The molecule has 0 spiro atoms. The van der Waals surface area contributed by atoms with Gasteiger partial charge in [0.05, 0.1) is 17.8 Å². The van der Waals surface area contributed by atoms with Gasteiger partial charge in [0.1, 0.15) is 11.8 Å². The van der Waals surface area contributed by atoms with Crippen LogP contribution in [0.2, 0.25) is 0 Å². The number of amides is 2. The van der Waals surface area contributed by atoms with Crippen LogP contribution in [-0.2, 0) is 11.2 Å². The van der Waals surface area contributed by atoms with Crippen molar-refractivity contribution < 1.29 is 19.4 Å². The summed E-state index contributed by atoms with van der Waals surface area (Å²) >= 11 is 0. The molecule has 1 unspecified atom stereocenters. The summed E-state index contributed by atoms with van der Waals surface area (Å²) in [6.07, 6.45) is 0.0928. The summed E-state index contributed by atoms with van der Waals surface area (Å²) in [4.78, 5) is 29.1. The standard InChI is InChI=1S/C11H11N3O4/c1-18-9-4-8-7(13-11(17)14-8)3-5(9)2-6(12)10(15)16/h3-4,6H,2,12H2,1H3,(H,15,16). The molecule has 0 aromatic heterocycles. The minimum Gasteiger partial charge on any atom is -0.496 e. The summed E-state index contributed by atoms with van der Waals surface area (Å²) in [5, 5.41) is 9.61. The molecule has 1 heterocycles. The van der Waals surface area contributed by atoms with Crippen LogP contribution in [0.4, 0.5) is 4.79 Å². The Morgan fingerprint density at radius 1 is 1.44 bits per heavy atom. The first kappa shape index (κ1) is 12.2. The molecule has 0 saturated carbocycles. The molecule has 0 aliphatic carbocycles. The van der Waals surface area contributed by atoms with Crippen molar-refractivity contribution in [3.63, 3.8) is 0 Å². The van der Waals surface area contributed by atoms with E-state index in [2.05, 4.69) is 9.98 Å². The highest BCUT2D eigenvalue weighted by Gasteiger charge is 2.17. The average Bonchev–Trinajstić information content (AvgIpc) is 2.66. The molecule has 1 aromatic rings. The first-order valence-electron chi connectivity index (χ1n) is 5.18. The lowest BCUT2D eigenvalue weighted by molar-refractivity contribution is -0.138. The minimum atomic E-state index is -1.10. The van der Waals surface area contributed by atoms with Crippen LogP contribution in [0.1, 0.15) is 5.56 Å². The normalized spacial score (nSPS) is 14.4. The zero-order valence-electron chi connectivity index (χ0n) is 9.58. The summed E-state index contributed by atoms with van der Waals surface area (Å²) in [6.45, 7) is 0. The van der Waals surface area contributed by atoms with Crippen LogP contribution in [0, 0.1) is 0 Å². The maximum absolute atomic E-state index is 11.0. The molecule has 3 N–H and O–H groups in total. The summed E-state index contributed by atoms with van der Waals surface area (Å²) in [6, 6.07) is 1.51. The quantitative estimate of drug-likeness (QED) is 0.712. The summed E-state index contributed by atoms with van der Waals surface area (Å²) in [7, 11) is 1.45. The third kappa shape index (κ3) is 2.21. The zero-order valence-corrected chi connectivity index (χ0v) is 9.58. The van der Waals surface area contributed by atoms with Gasteiger partial charge in [-0.1, -0.05) is 0 Å². The second-order valence-electron chi connectivity index (χ2n) is 3.81. The highest BCUT2D eigenvalue weighted by Crippen LogP contribution is 2.15. The monoisotopic (exact) mass is 249 g/mol. The summed E-state index contributed by atoms with van der Waals surface area (Å²) in [5.74, 6) is -0.658. The van der Waals surface area contributed by atoms with E-state index in [0.717, 1.165) is 0 Å². The first-order valence-corrected chi connectivity index (χ1v) is 5.18. The summed E-state index contributed by atoms with van der Waals surface area (Å²) < 4.78 is 5.13. The molecule has 2 amide bonds. The van der Waals surface area contributed by atoms with Crippen LogP contribution in [0.3, 0.4) is 0 Å². The molecular formula is C11H11N3O4. The number of carboxylic acids is 1. The van der Waals surface area contributed by atoms with Crippen LogP contribution in [0.5, 0.6) is 5.75 Å². The van der Waals surface area contributed by atoms with Gasteiger partial charge >= 0.3 is 12.0 Å². The van der Waals surface area contributed by atoms with E-state index < -0.39 is 18.0 Å². The van der Waals surface area contributed by atoms with Crippen molar-refractivity contribution in [3.8, 4) is 5.75 Å². The van der Waals surface area contributed by atoms with Gasteiger partial charge in [-0.05, 0) is 11.6 Å². The number of nitrogens with two attached hydrogens (primary N) is 1. The van der Waals surface area contributed by atoms with Crippen molar-refractivity contribution in [1.82, 2.24) is 0 Å². The lowest BCUT2D eigenvalue weighted by Crippen LogP contribution is -2.33. The number of hydrogen-bond acceptors (Lipinski definition) is 4. The molecule has 0 bridgehead atoms. The molecule has 18 heavy (non-hydrogen) atoms. The molecule has 7 heteroatoms. The number of rotatable bonds is 4. The number of fused-ring (bicyclic) bond motifs is 1. The van der Waals surface area contributed by atoms with E-state index >= 15 is 0 Å². The fourth-order valence-electron chi connectivity index (χ4n) is 1.68. The molecule has 2 rings (SSSR count). The fraction of sp³-hybridized carbons (Fsp3) is 0.273. The molecule has 1 atom stereocenters. The Kier molecular flexibility index (Phi) is 3.07. The van der Waals surface area contributed by atoms with Gasteiger partial charge in [-0.15, -0.1) is 0 Å². The smallest absolute Gasteiger partial charge is 0.368 e.